The maximum absolute atomic E-state index is 12.5. The van der Waals surface area contributed by atoms with Crippen LogP contribution in [-0.2, 0) is 34.7 Å². The van der Waals surface area contributed by atoms with Gasteiger partial charge in [-0.15, -0.1) is 0 Å². The second kappa shape index (κ2) is 7.45. The molecule has 0 saturated carbocycles. The normalized spacial score (nSPS) is 13.5. The van der Waals surface area contributed by atoms with Crippen LogP contribution in [0.1, 0.15) is 37.7 Å². The molecule has 0 radical (unpaired) electrons. The number of hydrogen-bond donors (Lipinski definition) is 2. The Balaban J connectivity index is 1.37. The minimum absolute atomic E-state index is 0.0557. The van der Waals surface area contributed by atoms with Gasteiger partial charge in [0, 0.05) is 28.6 Å². The van der Waals surface area contributed by atoms with E-state index in [2.05, 4.69) is 41.2 Å². The van der Waals surface area contributed by atoms with Crippen molar-refractivity contribution >= 4 is 28.4 Å². The van der Waals surface area contributed by atoms with Crippen LogP contribution < -0.4 is 11.1 Å². The van der Waals surface area contributed by atoms with Crippen molar-refractivity contribution < 1.29 is 9.53 Å². The zero-order valence-corrected chi connectivity index (χ0v) is 18.3. The number of carbonyl (C=O) groups is 1. The minimum Gasteiger partial charge on any atom is -0.382 e. The predicted molar refractivity (Wildman–Crippen MR) is 121 cm³/mol. The minimum atomic E-state index is -0.139. The van der Waals surface area contributed by atoms with Crippen molar-refractivity contribution in [3.63, 3.8) is 0 Å². The van der Waals surface area contributed by atoms with E-state index in [-0.39, 0.29) is 17.9 Å². The molecule has 0 saturated heterocycles. The highest BCUT2D eigenvalue weighted by Gasteiger charge is 2.25. The van der Waals surface area contributed by atoms with E-state index in [0.29, 0.717) is 24.7 Å². The number of nitrogens with one attached hydrogen (secondary N) is 1. The van der Waals surface area contributed by atoms with Gasteiger partial charge < -0.3 is 20.4 Å². The molecule has 9 nitrogen and oxygen atoms in total. The van der Waals surface area contributed by atoms with Crippen LogP contribution in [0.2, 0.25) is 0 Å². The van der Waals surface area contributed by atoms with Crippen LogP contribution in [0.15, 0.2) is 42.9 Å². The summed E-state index contributed by atoms with van der Waals surface area (Å²) >= 11 is 0. The number of rotatable bonds is 4. The molecule has 0 unspecified atom stereocenters. The van der Waals surface area contributed by atoms with E-state index in [1.54, 1.807) is 4.68 Å². The molecule has 9 heteroatoms. The van der Waals surface area contributed by atoms with Crippen molar-refractivity contribution in [3.8, 4) is 5.69 Å². The Labute approximate surface area is 185 Å². The van der Waals surface area contributed by atoms with Crippen molar-refractivity contribution in [2.24, 2.45) is 0 Å². The van der Waals surface area contributed by atoms with E-state index in [4.69, 9.17) is 10.5 Å². The molecule has 4 heterocycles. The number of amides is 1. The number of nitrogens with zero attached hydrogens (tertiary/aromatic N) is 5. The highest BCUT2D eigenvalue weighted by atomic mass is 16.5. The van der Waals surface area contributed by atoms with Crippen molar-refractivity contribution in [2.75, 3.05) is 11.1 Å². The zero-order chi connectivity index (χ0) is 22.5. The molecular weight excluding hydrogens is 406 g/mol. The summed E-state index contributed by atoms with van der Waals surface area (Å²) in [4.78, 5) is 21.1. The van der Waals surface area contributed by atoms with Crippen LogP contribution in [0.5, 0.6) is 0 Å². The molecule has 0 atom stereocenters. The van der Waals surface area contributed by atoms with Crippen LogP contribution in [-0.4, -0.2) is 30.2 Å². The topological polar surface area (TPSA) is 113 Å². The lowest BCUT2D eigenvalue weighted by molar-refractivity contribution is -0.116. The monoisotopic (exact) mass is 431 g/mol. The van der Waals surface area contributed by atoms with Gasteiger partial charge in [0.25, 0.3) is 0 Å². The van der Waals surface area contributed by atoms with Crippen molar-refractivity contribution in [1.29, 1.82) is 0 Å². The van der Waals surface area contributed by atoms with Gasteiger partial charge in [-0.1, -0.05) is 20.8 Å². The van der Waals surface area contributed by atoms with Crippen LogP contribution >= 0.6 is 0 Å². The number of fused-ring (bicyclic) bond motifs is 3. The first kappa shape index (κ1) is 20.2. The Morgan fingerprint density at radius 2 is 1.94 bits per heavy atom. The van der Waals surface area contributed by atoms with Gasteiger partial charge in [0.1, 0.15) is 23.9 Å². The third kappa shape index (κ3) is 3.50. The largest absolute Gasteiger partial charge is 0.382 e. The standard InChI is InChI=1S/C23H25N7O2/c1-23(2,3)18-8-9-29(28-18)10-19(31)27-14-4-6-15(7-5-14)30-17-12-32-11-16(17)20-21(30)22(24)26-13-25-20/h4-9,13H,10-12H2,1-3H3,(H,27,31)(H2,24,25,26). The molecule has 0 fully saturated rings. The highest BCUT2D eigenvalue weighted by molar-refractivity contribution is 5.92. The van der Waals surface area contributed by atoms with Gasteiger partial charge in [-0.3, -0.25) is 9.48 Å². The quantitative estimate of drug-likeness (QED) is 0.513. The molecule has 0 spiro atoms. The van der Waals surface area contributed by atoms with E-state index in [9.17, 15) is 4.79 Å². The average molecular weight is 432 g/mol. The molecule has 5 rings (SSSR count). The van der Waals surface area contributed by atoms with Crippen LogP contribution in [0.25, 0.3) is 16.7 Å². The third-order valence-electron chi connectivity index (χ3n) is 5.59. The number of anilines is 2. The lowest BCUT2D eigenvalue weighted by atomic mass is 9.93. The average Bonchev–Trinajstić information content (AvgIpc) is 3.45. The molecule has 4 aromatic rings. The maximum atomic E-state index is 12.5. The summed E-state index contributed by atoms with van der Waals surface area (Å²) in [7, 11) is 0. The highest BCUT2D eigenvalue weighted by Crippen LogP contribution is 2.35. The molecule has 32 heavy (non-hydrogen) atoms. The van der Waals surface area contributed by atoms with Crippen LogP contribution in [0.4, 0.5) is 11.5 Å². The molecule has 1 aliphatic rings. The number of nitrogens with two attached hydrogens (primary N) is 1. The number of benzene rings is 1. The van der Waals surface area contributed by atoms with Gasteiger partial charge in [-0.05, 0) is 30.3 Å². The summed E-state index contributed by atoms with van der Waals surface area (Å²) in [5, 5.41) is 7.43. The van der Waals surface area contributed by atoms with E-state index in [1.165, 1.54) is 6.33 Å². The van der Waals surface area contributed by atoms with Gasteiger partial charge >= 0.3 is 0 Å². The molecule has 0 aliphatic carbocycles. The van der Waals surface area contributed by atoms with Crippen molar-refractivity contribution in [2.45, 2.75) is 45.9 Å². The zero-order valence-electron chi connectivity index (χ0n) is 18.3. The van der Waals surface area contributed by atoms with E-state index in [1.807, 2.05) is 41.1 Å². The Hall–Kier alpha value is -3.72. The Morgan fingerprint density at radius 1 is 1.16 bits per heavy atom. The SMILES string of the molecule is CC(C)(C)c1ccn(CC(=O)Nc2ccc(-n3c4c(c5ncnc(N)c53)COC4)cc2)n1. The fraction of sp³-hybridized carbons (Fsp3) is 0.304. The van der Waals surface area contributed by atoms with Gasteiger partial charge in [0.05, 0.1) is 24.6 Å². The van der Waals surface area contributed by atoms with Gasteiger partial charge in [-0.2, -0.15) is 5.10 Å². The number of carbonyl (C=O) groups excluding carboxylic acids is 1. The summed E-state index contributed by atoms with van der Waals surface area (Å²) in [6, 6.07) is 9.55. The Bertz CT molecular complexity index is 1310. The fourth-order valence-electron chi connectivity index (χ4n) is 3.97. The summed E-state index contributed by atoms with van der Waals surface area (Å²) < 4.78 is 9.33. The lowest BCUT2D eigenvalue weighted by Gasteiger charge is -2.14. The summed E-state index contributed by atoms with van der Waals surface area (Å²) in [5.41, 5.74) is 12.3. The molecule has 3 N–H and O–H groups in total. The fourth-order valence-corrected chi connectivity index (χ4v) is 3.97. The van der Waals surface area contributed by atoms with Gasteiger partial charge in [0.15, 0.2) is 5.82 Å². The predicted octanol–water partition coefficient (Wildman–Crippen LogP) is 3.17. The lowest BCUT2D eigenvalue weighted by Crippen LogP contribution is -2.20. The molecule has 1 aromatic carbocycles. The first-order valence-corrected chi connectivity index (χ1v) is 10.5. The Kier molecular flexibility index (Phi) is 4.70. The van der Waals surface area contributed by atoms with Gasteiger partial charge in [0.2, 0.25) is 5.91 Å². The van der Waals surface area contributed by atoms with E-state index in [0.717, 1.165) is 33.7 Å². The van der Waals surface area contributed by atoms with Gasteiger partial charge in [-0.25, -0.2) is 9.97 Å². The molecular formula is C23H25N7O2. The van der Waals surface area contributed by atoms with Crippen molar-refractivity contribution in [1.82, 2.24) is 24.3 Å². The summed E-state index contributed by atoms with van der Waals surface area (Å²) in [6.07, 6.45) is 3.30. The number of hydrogen-bond acceptors (Lipinski definition) is 6. The summed E-state index contributed by atoms with van der Waals surface area (Å²) in [6.45, 7) is 7.43. The second-order valence-corrected chi connectivity index (χ2v) is 8.95. The smallest absolute Gasteiger partial charge is 0.246 e. The van der Waals surface area contributed by atoms with Crippen LogP contribution in [0, 0.1) is 0 Å². The van der Waals surface area contributed by atoms with Crippen LogP contribution in [0.3, 0.4) is 0 Å². The first-order valence-electron chi connectivity index (χ1n) is 10.5. The number of nitrogen functional groups attached to an aromatic ring is 1. The number of ether oxygens (including phenoxy) is 1. The molecule has 164 valence electrons. The summed E-state index contributed by atoms with van der Waals surface area (Å²) in [5.74, 6) is 0.287. The molecule has 3 aromatic heterocycles. The third-order valence-corrected chi connectivity index (χ3v) is 5.59. The maximum Gasteiger partial charge on any atom is 0.246 e. The van der Waals surface area contributed by atoms with E-state index < -0.39 is 0 Å². The first-order chi connectivity index (χ1) is 15.3. The molecule has 0 bridgehead atoms. The Morgan fingerprint density at radius 3 is 2.66 bits per heavy atom. The van der Waals surface area contributed by atoms with E-state index >= 15 is 0 Å². The second-order valence-electron chi connectivity index (χ2n) is 8.95. The van der Waals surface area contributed by atoms with Crippen molar-refractivity contribution in [3.05, 3.63) is 59.8 Å². The molecule has 1 aliphatic heterocycles. The molecule has 1 amide bonds. The number of aromatic nitrogens is 5.